The summed E-state index contributed by atoms with van der Waals surface area (Å²) in [7, 11) is -3.94. The summed E-state index contributed by atoms with van der Waals surface area (Å²) in [6.45, 7) is 5.47. The summed E-state index contributed by atoms with van der Waals surface area (Å²) >= 11 is 0. The van der Waals surface area contributed by atoms with E-state index >= 15 is 0 Å². The maximum absolute atomic E-state index is 11.5. The molecule has 0 saturated heterocycles. The predicted octanol–water partition coefficient (Wildman–Crippen LogP) is 1.07. The summed E-state index contributed by atoms with van der Waals surface area (Å²) in [6, 6.07) is 1.79. The molecule has 94 valence electrons. The Balaban J connectivity index is 3.59. The molecule has 0 aliphatic heterocycles. The Bertz CT molecular complexity index is 550. The lowest BCUT2D eigenvalue weighted by Gasteiger charge is -2.15. The van der Waals surface area contributed by atoms with Crippen LogP contribution in [0.1, 0.15) is 44.0 Å². The Hall–Kier alpha value is -1.39. The van der Waals surface area contributed by atoms with E-state index < -0.39 is 10.0 Å². The number of nitrogens with two attached hydrogens (primary N) is 1. The van der Waals surface area contributed by atoms with Crippen molar-refractivity contribution in [1.82, 2.24) is 9.78 Å². The number of primary sulfonamides is 1. The Labute approximate surface area is 101 Å². The third-order valence-corrected chi connectivity index (χ3v) is 3.64. The van der Waals surface area contributed by atoms with Gasteiger partial charge in [0.15, 0.2) is 5.03 Å². The van der Waals surface area contributed by atoms with Crippen molar-refractivity contribution in [2.75, 3.05) is 0 Å². The first-order valence-corrected chi connectivity index (χ1v) is 6.93. The van der Waals surface area contributed by atoms with Gasteiger partial charge < -0.3 is 0 Å². The molecule has 1 aromatic heterocycles. The van der Waals surface area contributed by atoms with E-state index in [9.17, 15) is 8.42 Å². The van der Waals surface area contributed by atoms with Gasteiger partial charge in [-0.2, -0.15) is 10.4 Å². The molecule has 7 heteroatoms. The van der Waals surface area contributed by atoms with E-state index in [1.165, 1.54) is 4.68 Å². The summed E-state index contributed by atoms with van der Waals surface area (Å²) in [4.78, 5) is 0. The SMILES string of the molecule is CCC(CC)n1nc(C)c(C#N)c1S(N)(=O)=O. The van der Waals surface area contributed by atoms with Gasteiger partial charge in [-0.1, -0.05) is 13.8 Å². The highest BCUT2D eigenvalue weighted by Crippen LogP contribution is 2.24. The van der Waals surface area contributed by atoms with Crippen LogP contribution in [-0.4, -0.2) is 18.2 Å². The van der Waals surface area contributed by atoms with Gasteiger partial charge in [0.05, 0.1) is 11.7 Å². The first kappa shape index (κ1) is 13.7. The minimum atomic E-state index is -3.94. The van der Waals surface area contributed by atoms with Crippen LogP contribution < -0.4 is 5.14 Å². The zero-order valence-electron chi connectivity index (χ0n) is 10.1. The largest absolute Gasteiger partial charge is 0.256 e. The lowest BCUT2D eigenvalue weighted by Crippen LogP contribution is -2.21. The second-order valence-corrected chi connectivity index (χ2v) is 5.31. The van der Waals surface area contributed by atoms with Crippen LogP contribution in [0.4, 0.5) is 0 Å². The van der Waals surface area contributed by atoms with Gasteiger partial charge in [-0.15, -0.1) is 0 Å². The fourth-order valence-electron chi connectivity index (χ4n) is 1.81. The maximum atomic E-state index is 11.5. The van der Waals surface area contributed by atoms with Crippen molar-refractivity contribution >= 4 is 10.0 Å². The van der Waals surface area contributed by atoms with E-state index in [0.717, 1.165) is 12.8 Å². The van der Waals surface area contributed by atoms with Crippen LogP contribution in [-0.2, 0) is 10.0 Å². The van der Waals surface area contributed by atoms with Crippen LogP contribution in [0.5, 0.6) is 0 Å². The van der Waals surface area contributed by atoms with Gasteiger partial charge in [-0.25, -0.2) is 18.2 Å². The molecule has 0 bridgehead atoms. The fraction of sp³-hybridized carbons (Fsp3) is 0.600. The summed E-state index contributed by atoms with van der Waals surface area (Å²) in [6.07, 6.45) is 1.45. The third-order valence-electron chi connectivity index (χ3n) is 2.71. The summed E-state index contributed by atoms with van der Waals surface area (Å²) < 4.78 is 24.5. The second kappa shape index (κ2) is 4.85. The molecule has 0 aliphatic rings. The van der Waals surface area contributed by atoms with Crippen LogP contribution in [0.25, 0.3) is 0 Å². The molecule has 0 radical (unpaired) electrons. The van der Waals surface area contributed by atoms with Crippen molar-refractivity contribution in [2.45, 2.75) is 44.7 Å². The zero-order chi connectivity index (χ0) is 13.2. The average molecular weight is 256 g/mol. The highest BCUT2D eigenvalue weighted by molar-refractivity contribution is 7.89. The molecule has 0 spiro atoms. The van der Waals surface area contributed by atoms with Gasteiger partial charge in [0.1, 0.15) is 11.6 Å². The molecule has 0 amide bonds. The number of aryl methyl sites for hydroxylation is 1. The van der Waals surface area contributed by atoms with Crippen LogP contribution in [0.3, 0.4) is 0 Å². The standard InChI is InChI=1S/C10H16N4O2S/c1-4-8(5-2)14-10(17(12,15)16)9(6-11)7(3)13-14/h8H,4-5H2,1-3H3,(H2,12,15,16). The molecule has 1 rings (SSSR count). The predicted molar refractivity (Wildman–Crippen MR) is 62.7 cm³/mol. The number of sulfonamides is 1. The van der Waals surface area contributed by atoms with Crippen molar-refractivity contribution in [3.05, 3.63) is 11.3 Å². The molecule has 6 nitrogen and oxygen atoms in total. The van der Waals surface area contributed by atoms with Crippen molar-refractivity contribution in [1.29, 1.82) is 5.26 Å². The van der Waals surface area contributed by atoms with E-state index in [1.54, 1.807) is 6.92 Å². The average Bonchev–Trinajstić information content (AvgIpc) is 2.56. The molecule has 0 aromatic carbocycles. The Morgan fingerprint density at radius 3 is 2.35 bits per heavy atom. The van der Waals surface area contributed by atoms with E-state index in [1.807, 2.05) is 19.9 Å². The summed E-state index contributed by atoms with van der Waals surface area (Å²) in [5.41, 5.74) is 0.433. The van der Waals surface area contributed by atoms with E-state index in [-0.39, 0.29) is 16.6 Å². The van der Waals surface area contributed by atoms with Crippen molar-refractivity contribution in [3.63, 3.8) is 0 Å². The van der Waals surface area contributed by atoms with Crippen molar-refractivity contribution in [2.24, 2.45) is 5.14 Å². The first-order chi connectivity index (χ1) is 7.86. The van der Waals surface area contributed by atoms with Gasteiger partial charge >= 0.3 is 0 Å². The molecule has 2 N–H and O–H groups in total. The lowest BCUT2D eigenvalue weighted by molar-refractivity contribution is 0.394. The van der Waals surface area contributed by atoms with Crippen LogP contribution >= 0.6 is 0 Å². The normalized spacial score (nSPS) is 11.8. The number of nitriles is 1. The number of nitrogens with zero attached hydrogens (tertiary/aromatic N) is 3. The molecule has 0 unspecified atom stereocenters. The van der Waals surface area contributed by atoms with E-state index in [4.69, 9.17) is 10.4 Å². The Morgan fingerprint density at radius 2 is 2.00 bits per heavy atom. The smallest absolute Gasteiger partial charge is 0.248 e. The molecule has 1 heterocycles. The molecule has 0 aliphatic carbocycles. The molecule has 17 heavy (non-hydrogen) atoms. The molecule has 1 aromatic rings. The van der Waals surface area contributed by atoms with Gasteiger partial charge in [0.25, 0.3) is 10.0 Å². The maximum Gasteiger partial charge on any atom is 0.256 e. The van der Waals surface area contributed by atoms with Crippen LogP contribution in [0.15, 0.2) is 5.03 Å². The minimum absolute atomic E-state index is 0.0411. The van der Waals surface area contributed by atoms with Gasteiger partial charge in [-0.05, 0) is 19.8 Å². The van der Waals surface area contributed by atoms with Gasteiger partial charge in [0, 0.05) is 0 Å². The first-order valence-electron chi connectivity index (χ1n) is 5.38. The quantitative estimate of drug-likeness (QED) is 0.870. The number of aromatic nitrogens is 2. The third kappa shape index (κ3) is 2.48. The molecule has 0 fully saturated rings. The van der Waals surface area contributed by atoms with Gasteiger partial charge in [-0.3, -0.25) is 0 Å². The second-order valence-electron chi connectivity index (χ2n) is 3.84. The number of rotatable bonds is 4. The number of hydrogen-bond acceptors (Lipinski definition) is 4. The fourth-order valence-corrected chi connectivity index (χ4v) is 2.74. The summed E-state index contributed by atoms with van der Waals surface area (Å²) in [5.74, 6) is 0. The topological polar surface area (TPSA) is 102 Å². The Morgan fingerprint density at radius 1 is 1.47 bits per heavy atom. The molecular weight excluding hydrogens is 240 g/mol. The van der Waals surface area contributed by atoms with Crippen molar-refractivity contribution < 1.29 is 8.42 Å². The summed E-state index contributed by atoms with van der Waals surface area (Å²) in [5, 5.41) is 18.1. The lowest BCUT2D eigenvalue weighted by atomic mass is 10.2. The Kier molecular flexibility index (Phi) is 3.91. The monoisotopic (exact) mass is 256 g/mol. The molecule has 0 atom stereocenters. The van der Waals surface area contributed by atoms with Crippen molar-refractivity contribution in [3.8, 4) is 6.07 Å². The molecular formula is C10H16N4O2S. The van der Waals surface area contributed by atoms with E-state index in [2.05, 4.69) is 5.10 Å². The minimum Gasteiger partial charge on any atom is -0.248 e. The van der Waals surface area contributed by atoms with E-state index in [0.29, 0.717) is 5.69 Å². The van der Waals surface area contributed by atoms with Gasteiger partial charge in [0.2, 0.25) is 0 Å². The highest BCUT2D eigenvalue weighted by Gasteiger charge is 2.26. The highest BCUT2D eigenvalue weighted by atomic mass is 32.2. The van der Waals surface area contributed by atoms with Crippen LogP contribution in [0, 0.1) is 18.3 Å². The van der Waals surface area contributed by atoms with Crippen LogP contribution in [0.2, 0.25) is 0 Å². The number of hydrogen-bond donors (Lipinski definition) is 1. The molecule has 0 saturated carbocycles. The zero-order valence-corrected chi connectivity index (χ0v) is 11.0.